The second-order valence-electron chi connectivity index (χ2n) is 11.0. The molecule has 2 aromatic carbocycles. The van der Waals surface area contributed by atoms with Gasteiger partial charge in [-0.15, -0.1) is 0 Å². The molecule has 0 saturated heterocycles. The Bertz CT molecular complexity index is 823. The zero-order chi connectivity index (χ0) is 22.4. The van der Waals surface area contributed by atoms with Crippen LogP contribution in [0.4, 0.5) is 0 Å². The molecule has 0 aliphatic rings. The Kier molecular flexibility index (Phi) is 6.19. The summed E-state index contributed by atoms with van der Waals surface area (Å²) in [5.41, 5.74) is 6.21. The second-order valence-corrected chi connectivity index (χ2v) is 11.0. The van der Waals surface area contributed by atoms with Gasteiger partial charge in [0.25, 0.3) is 0 Å². The minimum atomic E-state index is -0.204. The molecule has 0 spiro atoms. The first kappa shape index (κ1) is 23.3. The van der Waals surface area contributed by atoms with E-state index in [1.165, 1.54) is 11.1 Å². The van der Waals surface area contributed by atoms with Crippen LogP contribution in [-0.4, -0.2) is 10.2 Å². The van der Waals surface area contributed by atoms with Crippen LogP contribution in [0.3, 0.4) is 0 Å². The molecule has 2 N–H and O–H groups in total. The van der Waals surface area contributed by atoms with Gasteiger partial charge in [-0.2, -0.15) is 0 Å². The number of hydrogen-bond acceptors (Lipinski definition) is 2. The first-order valence-corrected chi connectivity index (χ1v) is 10.8. The monoisotopic (exact) mass is 396 g/mol. The Morgan fingerprint density at radius 2 is 0.966 bits per heavy atom. The van der Waals surface area contributed by atoms with Crippen LogP contribution in [0, 0.1) is 13.8 Å². The highest BCUT2D eigenvalue weighted by molar-refractivity contribution is 5.55. The van der Waals surface area contributed by atoms with Gasteiger partial charge < -0.3 is 10.2 Å². The molecule has 0 amide bonds. The van der Waals surface area contributed by atoms with Crippen LogP contribution >= 0.6 is 0 Å². The lowest BCUT2D eigenvalue weighted by Gasteiger charge is -2.36. The summed E-state index contributed by atoms with van der Waals surface area (Å²) in [5, 5.41) is 21.3. The summed E-state index contributed by atoms with van der Waals surface area (Å²) < 4.78 is 0. The van der Waals surface area contributed by atoms with E-state index in [0.717, 1.165) is 35.1 Å². The van der Waals surface area contributed by atoms with E-state index in [1.54, 1.807) is 0 Å². The van der Waals surface area contributed by atoms with Gasteiger partial charge in [-0.3, -0.25) is 0 Å². The Balaban J connectivity index is 2.87. The zero-order valence-electron chi connectivity index (χ0n) is 20.1. The van der Waals surface area contributed by atoms with Crippen molar-refractivity contribution in [2.45, 2.75) is 98.3 Å². The molecule has 0 aliphatic heterocycles. The summed E-state index contributed by atoms with van der Waals surface area (Å²) in [4.78, 5) is 0. The predicted octanol–water partition coefficient (Wildman–Crippen LogP) is 7.42. The fourth-order valence-electron chi connectivity index (χ4n) is 4.69. The van der Waals surface area contributed by atoms with E-state index in [0.29, 0.717) is 11.5 Å². The van der Waals surface area contributed by atoms with Crippen molar-refractivity contribution in [3.8, 4) is 11.5 Å². The molecule has 0 heterocycles. The Labute approximate surface area is 178 Å². The molecule has 0 saturated carbocycles. The molecule has 2 rings (SSSR count). The van der Waals surface area contributed by atoms with Crippen molar-refractivity contribution >= 4 is 0 Å². The summed E-state index contributed by atoms with van der Waals surface area (Å²) in [6.07, 6.45) is 2.05. The van der Waals surface area contributed by atoms with E-state index in [-0.39, 0.29) is 16.2 Å². The van der Waals surface area contributed by atoms with Crippen LogP contribution in [0.1, 0.15) is 102 Å². The number of aryl methyl sites for hydroxylation is 2. The fourth-order valence-corrected chi connectivity index (χ4v) is 4.69. The molecular weight excluding hydrogens is 356 g/mol. The first-order chi connectivity index (χ1) is 13.1. The van der Waals surface area contributed by atoms with Crippen LogP contribution in [0.25, 0.3) is 0 Å². The third-order valence-corrected chi connectivity index (χ3v) is 6.24. The van der Waals surface area contributed by atoms with Gasteiger partial charge in [0.15, 0.2) is 0 Å². The topological polar surface area (TPSA) is 40.5 Å². The highest BCUT2D eigenvalue weighted by atomic mass is 16.3. The maximum Gasteiger partial charge on any atom is 0.119 e. The number of aromatic hydroxyl groups is 2. The number of benzene rings is 2. The molecule has 2 heteroatoms. The maximum atomic E-state index is 10.6. The van der Waals surface area contributed by atoms with Crippen molar-refractivity contribution in [3.05, 3.63) is 57.6 Å². The molecule has 0 radical (unpaired) electrons. The van der Waals surface area contributed by atoms with E-state index in [2.05, 4.69) is 81.4 Å². The molecule has 0 unspecified atom stereocenters. The first-order valence-electron chi connectivity index (χ1n) is 10.8. The van der Waals surface area contributed by atoms with E-state index in [9.17, 15) is 10.2 Å². The third kappa shape index (κ3) is 4.47. The van der Waals surface area contributed by atoms with Crippen molar-refractivity contribution in [2.24, 2.45) is 0 Å². The van der Waals surface area contributed by atoms with Gasteiger partial charge in [0, 0.05) is 5.41 Å². The molecule has 0 aromatic heterocycles. The van der Waals surface area contributed by atoms with Gasteiger partial charge in [-0.25, -0.2) is 0 Å². The van der Waals surface area contributed by atoms with Crippen LogP contribution < -0.4 is 0 Å². The SMILES string of the molecule is CCCC(C)(c1cc(C(C)(C)C)c(O)cc1C)c1cc(C(C)(C)C)c(O)cc1C. The third-order valence-electron chi connectivity index (χ3n) is 6.24. The largest absolute Gasteiger partial charge is 0.508 e. The summed E-state index contributed by atoms with van der Waals surface area (Å²) in [5.74, 6) is 0.741. The minimum Gasteiger partial charge on any atom is -0.508 e. The second kappa shape index (κ2) is 7.70. The van der Waals surface area contributed by atoms with Crippen LogP contribution in [0.2, 0.25) is 0 Å². The smallest absolute Gasteiger partial charge is 0.119 e. The molecule has 0 bridgehead atoms. The molecular formula is C27H40O2. The molecule has 0 aliphatic carbocycles. The molecule has 29 heavy (non-hydrogen) atoms. The quantitative estimate of drug-likeness (QED) is 0.564. The molecule has 0 atom stereocenters. The zero-order valence-corrected chi connectivity index (χ0v) is 20.1. The van der Waals surface area contributed by atoms with E-state index in [1.807, 2.05) is 12.1 Å². The normalized spacial score (nSPS) is 13.0. The predicted molar refractivity (Wildman–Crippen MR) is 124 cm³/mol. The van der Waals surface area contributed by atoms with E-state index >= 15 is 0 Å². The van der Waals surface area contributed by atoms with Crippen molar-refractivity contribution < 1.29 is 10.2 Å². The summed E-state index contributed by atoms with van der Waals surface area (Å²) >= 11 is 0. The van der Waals surface area contributed by atoms with Gasteiger partial charge >= 0.3 is 0 Å². The van der Waals surface area contributed by atoms with Gasteiger partial charge in [0.05, 0.1) is 0 Å². The minimum absolute atomic E-state index is 0.139. The maximum absolute atomic E-state index is 10.6. The lowest BCUT2D eigenvalue weighted by Crippen LogP contribution is -2.28. The summed E-state index contributed by atoms with van der Waals surface area (Å²) in [6.45, 7) is 21.6. The Morgan fingerprint density at radius 1 is 0.621 bits per heavy atom. The van der Waals surface area contributed by atoms with Crippen molar-refractivity contribution in [3.63, 3.8) is 0 Å². The number of phenols is 2. The molecule has 2 nitrogen and oxygen atoms in total. The highest BCUT2D eigenvalue weighted by Crippen LogP contribution is 2.45. The van der Waals surface area contributed by atoms with E-state index in [4.69, 9.17) is 0 Å². The average molecular weight is 397 g/mol. The van der Waals surface area contributed by atoms with Crippen LogP contribution in [0.15, 0.2) is 24.3 Å². The van der Waals surface area contributed by atoms with Gasteiger partial charge in [0.1, 0.15) is 11.5 Å². The molecule has 0 fully saturated rings. The van der Waals surface area contributed by atoms with E-state index < -0.39 is 0 Å². The lowest BCUT2D eigenvalue weighted by atomic mass is 9.67. The average Bonchev–Trinajstić information content (AvgIpc) is 2.52. The van der Waals surface area contributed by atoms with Crippen molar-refractivity contribution in [1.29, 1.82) is 0 Å². The Hall–Kier alpha value is -1.96. The Morgan fingerprint density at radius 3 is 1.24 bits per heavy atom. The van der Waals surface area contributed by atoms with Gasteiger partial charge in [0.2, 0.25) is 0 Å². The number of hydrogen-bond donors (Lipinski definition) is 2. The number of rotatable bonds is 4. The van der Waals surface area contributed by atoms with Crippen molar-refractivity contribution in [2.75, 3.05) is 0 Å². The molecule has 2 aromatic rings. The van der Waals surface area contributed by atoms with Gasteiger partial charge in [-0.05, 0) is 76.6 Å². The summed E-state index contributed by atoms with van der Waals surface area (Å²) in [6, 6.07) is 8.27. The highest BCUT2D eigenvalue weighted by Gasteiger charge is 2.34. The number of phenolic OH excluding ortho intramolecular Hbond substituents is 2. The van der Waals surface area contributed by atoms with Crippen LogP contribution in [-0.2, 0) is 16.2 Å². The fraction of sp³-hybridized carbons (Fsp3) is 0.556. The molecule has 160 valence electrons. The van der Waals surface area contributed by atoms with Gasteiger partial charge in [-0.1, -0.05) is 73.9 Å². The standard InChI is InChI=1S/C27H40O2/c1-11-12-27(10,19-15-21(25(4,5)6)23(28)13-17(19)2)20-16-22(26(7,8)9)24(29)14-18(20)3/h13-16,28-29H,11-12H2,1-10H3. The summed E-state index contributed by atoms with van der Waals surface area (Å²) in [7, 11) is 0. The van der Waals surface area contributed by atoms with Crippen LogP contribution in [0.5, 0.6) is 11.5 Å². The lowest BCUT2D eigenvalue weighted by molar-refractivity contribution is 0.438. The van der Waals surface area contributed by atoms with Crippen molar-refractivity contribution in [1.82, 2.24) is 0 Å².